The van der Waals surface area contributed by atoms with Crippen LogP contribution in [0.2, 0.25) is 0 Å². The first-order chi connectivity index (χ1) is 12.2. The average molecular weight is 351 g/mol. The van der Waals surface area contributed by atoms with Gasteiger partial charge in [-0.1, -0.05) is 41.6 Å². The molecule has 0 spiro atoms. The van der Waals surface area contributed by atoms with Gasteiger partial charge in [0.05, 0.1) is 17.6 Å². The minimum absolute atomic E-state index is 0.865. The molecule has 0 bridgehead atoms. The van der Waals surface area contributed by atoms with Crippen molar-refractivity contribution in [2.75, 3.05) is 12.8 Å². The molecule has 0 saturated heterocycles. The molecule has 0 amide bonds. The van der Waals surface area contributed by atoms with Gasteiger partial charge in [-0.25, -0.2) is 9.97 Å². The fourth-order valence-corrected chi connectivity index (χ4v) is 3.59. The summed E-state index contributed by atoms with van der Waals surface area (Å²) in [6.45, 7) is 4.88. The van der Waals surface area contributed by atoms with Crippen molar-refractivity contribution in [3.63, 3.8) is 0 Å². The van der Waals surface area contributed by atoms with E-state index in [1.54, 1.807) is 11.8 Å². The number of fused-ring (bicyclic) bond motifs is 1. The lowest BCUT2D eigenvalue weighted by molar-refractivity contribution is 0.242. The predicted octanol–water partition coefficient (Wildman–Crippen LogP) is 3.46. The Bertz CT molecular complexity index is 872. The number of nitrogens with one attached hydrogen (secondary N) is 1. The minimum Gasteiger partial charge on any atom is -0.294 e. The number of aryl methyl sites for hydroxylation is 1. The molecule has 0 fully saturated rings. The molecule has 2 aromatic heterocycles. The molecule has 3 heterocycles. The molecule has 0 unspecified atom stereocenters. The van der Waals surface area contributed by atoms with Crippen LogP contribution in [-0.2, 0) is 19.5 Å². The molecule has 0 atom stereocenters. The van der Waals surface area contributed by atoms with Gasteiger partial charge in [0.25, 0.3) is 0 Å². The molecule has 0 aliphatic carbocycles. The van der Waals surface area contributed by atoms with Crippen molar-refractivity contribution in [2.24, 2.45) is 0 Å². The summed E-state index contributed by atoms with van der Waals surface area (Å²) < 4.78 is 0. The fraction of sp³-hybridized carbons (Fsp3) is 0.316. The van der Waals surface area contributed by atoms with Gasteiger partial charge >= 0.3 is 0 Å². The predicted molar refractivity (Wildman–Crippen MR) is 100 cm³/mol. The maximum atomic E-state index is 4.64. The molecule has 1 aliphatic heterocycles. The first-order valence-corrected chi connectivity index (χ1v) is 9.66. The molecule has 25 heavy (non-hydrogen) atoms. The molecule has 6 heteroatoms. The summed E-state index contributed by atoms with van der Waals surface area (Å²) in [5.74, 6) is 0. The number of thioether (sulfide) groups is 1. The topological polar surface area (TPSA) is 57.7 Å². The normalized spacial score (nSPS) is 14.5. The molecule has 3 aromatic rings. The second-order valence-corrected chi connectivity index (χ2v) is 7.20. The van der Waals surface area contributed by atoms with Crippen LogP contribution in [0.25, 0.3) is 11.3 Å². The third kappa shape index (κ3) is 3.45. The van der Waals surface area contributed by atoms with E-state index in [2.05, 4.69) is 56.3 Å². The lowest BCUT2D eigenvalue weighted by atomic mass is 10.0. The number of hydrogen-bond acceptors (Lipinski definition) is 5. The number of nitrogens with zero attached hydrogens (tertiary/aromatic N) is 4. The number of H-pyrrole nitrogens is 1. The molecule has 4 rings (SSSR count). The summed E-state index contributed by atoms with van der Waals surface area (Å²) in [5.41, 5.74) is 7.23. The van der Waals surface area contributed by atoms with Gasteiger partial charge in [-0.05, 0) is 18.7 Å². The second-order valence-electron chi connectivity index (χ2n) is 6.43. The van der Waals surface area contributed by atoms with Crippen molar-refractivity contribution >= 4 is 11.8 Å². The van der Waals surface area contributed by atoms with Gasteiger partial charge < -0.3 is 0 Å². The van der Waals surface area contributed by atoms with Gasteiger partial charge in [0.2, 0.25) is 0 Å². The number of benzene rings is 1. The highest BCUT2D eigenvalue weighted by atomic mass is 32.2. The first kappa shape index (κ1) is 16.3. The summed E-state index contributed by atoms with van der Waals surface area (Å²) in [7, 11) is 0. The zero-order chi connectivity index (χ0) is 17.2. The van der Waals surface area contributed by atoms with Crippen molar-refractivity contribution in [2.45, 2.75) is 31.6 Å². The van der Waals surface area contributed by atoms with Crippen LogP contribution < -0.4 is 0 Å². The van der Waals surface area contributed by atoms with Crippen LogP contribution in [-0.4, -0.2) is 37.9 Å². The van der Waals surface area contributed by atoms with Crippen LogP contribution in [0.15, 0.2) is 41.8 Å². The molecule has 5 nitrogen and oxygen atoms in total. The van der Waals surface area contributed by atoms with Crippen LogP contribution in [0.5, 0.6) is 0 Å². The van der Waals surface area contributed by atoms with Crippen LogP contribution in [0.1, 0.15) is 22.4 Å². The van der Waals surface area contributed by atoms with Gasteiger partial charge in [0.1, 0.15) is 0 Å². The molecule has 0 radical (unpaired) electrons. The van der Waals surface area contributed by atoms with E-state index in [9.17, 15) is 0 Å². The first-order valence-electron chi connectivity index (χ1n) is 8.43. The Morgan fingerprint density at radius 2 is 2.04 bits per heavy atom. The van der Waals surface area contributed by atoms with Crippen LogP contribution in [0.4, 0.5) is 0 Å². The molecule has 1 aromatic carbocycles. The quantitative estimate of drug-likeness (QED) is 0.576. The minimum atomic E-state index is 0.865. The van der Waals surface area contributed by atoms with Gasteiger partial charge in [-0.3, -0.25) is 10.00 Å². The summed E-state index contributed by atoms with van der Waals surface area (Å²) >= 11 is 1.60. The maximum Gasteiger partial charge on any atom is 0.187 e. The number of rotatable bonds is 4. The lowest BCUT2D eigenvalue weighted by Crippen LogP contribution is -2.31. The largest absolute Gasteiger partial charge is 0.294 e. The third-order valence-corrected chi connectivity index (χ3v) is 5.19. The molecule has 1 N–H and O–H groups in total. The SMILES string of the molecule is CSc1ncc2c(n1)CCN(Cc1cn[nH]c1-c1ccc(C)cc1)C2. The number of aromatic nitrogens is 4. The standard InChI is InChI=1S/C19H21N5S/c1-13-3-5-14(6-4-13)18-16(10-21-23-18)12-24-8-7-17-15(11-24)9-20-19(22-17)25-2/h3-6,9-10H,7-8,11-12H2,1-2H3,(H,21,23). The number of aromatic amines is 1. The van der Waals surface area contributed by atoms with E-state index < -0.39 is 0 Å². The molecule has 0 saturated carbocycles. The fourth-order valence-electron chi connectivity index (χ4n) is 3.23. The van der Waals surface area contributed by atoms with Crippen LogP contribution in [0, 0.1) is 6.92 Å². The van der Waals surface area contributed by atoms with Crippen molar-refractivity contribution in [3.05, 3.63) is 59.0 Å². The summed E-state index contributed by atoms with van der Waals surface area (Å²) in [5, 5.41) is 8.30. The highest BCUT2D eigenvalue weighted by Crippen LogP contribution is 2.25. The highest BCUT2D eigenvalue weighted by molar-refractivity contribution is 7.98. The van der Waals surface area contributed by atoms with Crippen molar-refractivity contribution in [3.8, 4) is 11.3 Å². The summed E-state index contributed by atoms with van der Waals surface area (Å²) in [4.78, 5) is 11.5. The van der Waals surface area contributed by atoms with E-state index in [0.717, 1.165) is 36.9 Å². The molecular weight excluding hydrogens is 330 g/mol. The van der Waals surface area contributed by atoms with Crippen LogP contribution in [0.3, 0.4) is 0 Å². The van der Waals surface area contributed by atoms with Crippen LogP contribution >= 0.6 is 11.8 Å². The van der Waals surface area contributed by atoms with Crippen molar-refractivity contribution in [1.29, 1.82) is 0 Å². The van der Waals surface area contributed by atoms with Gasteiger partial charge in [0, 0.05) is 43.4 Å². The van der Waals surface area contributed by atoms with E-state index in [1.807, 2.05) is 18.6 Å². The Morgan fingerprint density at radius 3 is 2.84 bits per heavy atom. The van der Waals surface area contributed by atoms with E-state index in [0.29, 0.717) is 0 Å². The lowest BCUT2D eigenvalue weighted by Gasteiger charge is -2.27. The van der Waals surface area contributed by atoms with Crippen molar-refractivity contribution < 1.29 is 0 Å². The Labute approximate surface area is 151 Å². The van der Waals surface area contributed by atoms with Crippen molar-refractivity contribution in [1.82, 2.24) is 25.1 Å². The van der Waals surface area contributed by atoms with E-state index >= 15 is 0 Å². The van der Waals surface area contributed by atoms with Gasteiger partial charge in [-0.15, -0.1) is 0 Å². The summed E-state index contributed by atoms with van der Waals surface area (Å²) in [6, 6.07) is 8.57. The Kier molecular flexibility index (Phi) is 4.55. The zero-order valence-electron chi connectivity index (χ0n) is 14.5. The average Bonchev–Trinajstić information content (AvgIpc) is 3.10. The molecular formula is C19H21N5S. The third-order valence-electron chi connectivity index (χ3n) is 4.63. The van der Waals surface area contributed by atoms with E-state index in [-0.39, 0.29) is 0 Å². The highest BCUT2D eigenvalue weighted by Gasteiger charge is 2.20. The van der Waals surface area contributed by atoms with E-state index in [4.69, 9.17) is 0 Å². The zero-order valence-corrected chi connectivity index (χ0v) is 15.3. The number of hydrogen-bond donors (Lipinski definition) is 1. The van der Waals surface area contributed by atoms with E-state index in [1.165, 1.54) is 27.9 Å². The summed E-state index contributed by atoms with van der Waals surface area (Å²) in [6.07, 6.45) is 6.92. The van der Waals surface area contributed by atoms with Gasteiger partial charge in [0.15, 0.2) is 5.16 Å². The molecule has 1 aliphatic rings. The Morgan fingerprint density at radius 1 is 1.20 bits per heavy atom. The smallest absolute Gasteiger partial charge is 0.187 e. The van der Waals surface area contributed by atoms with Gasteiger partial charge in [-0.2, -0.15) is 5.10 Å². The second kappa shape index (κ2) is 6.98. The Balaban J connectivity index is 1.52. The maximum absolute atomic E-state index is 4.64. The Hall–Kier alpha value is -2.18. The monoisotopic (exact) mass is 351 g/mol. The molecule has 128 valence electrons.